The summed E-state index contributed by atoms with van der Waals surface area (Å²) < 4.78 is 39.0. The summed E-state index contributed by atoms with van der Waals surface area (Å²) in [4.78, 5) is 0. The molecular formula is C12H17ClFNO3S. The Morgan fingerprint density at radius 1 is 1.47 bits per heavy atom. The molecule has 1 aromatic carbocycles. The molecule has 4 nitrogen and oxygen atoms in total. The normalized spacial score (nSPS) is 13.5. The maximum absolute atomic E-state index is 12.9. The second-order valence-corrected chi connectivity index (χ2v) is 6.69. The second-order valence-electron chi connectivity index (χ2n) is 4.47. The molecule has 0 saturated heterocycles. The van der Waals surface area contributed by atoms with Crippen LogP contribution in [0.15, 0.2) is 18.2 Å². The largest absolute Gasteiger partial charge is 0.396 e. The molecule has 0 saturated carbocycles. The molecule has 0 bridgehead atoms. The quantitative estimate of drug-likeness (QED) is 0.808. The van der Waals surface area contributed by atoms with Crippen molar-refractivity contribution in [1.29, 1.82) is 0 Å². The van der Waals surface area contributed by atoms with Crippen LogP contribution in [0.5, 0.6) is 0 Å². The summed E-state index contributed by atoms with van der Waals surface area (Å²) in [7, 11) is -3.49. The molecule has 0 aliphatic rings. The van der Waals surface area contributed by atoms with Gasteiger partial charge in [-0.15, -0.1) is 0 Å². The van der Waals surface area contributed by atoms with Gasteiger partial charge >= 0.3 is 0 Å². The molecule has 19 heavy (non-hydrogen) atoms. The van der Waals surface area contributed by atoms with Crippen molar-refractivity contribution in [2.75, 3.05) is 13.2 Å². The van der Waals surface area contributed by atoms with Gasteiger partial charge in [-0.1, -0.05) is 24.6 Å². The molecule has 1 unspecified atom stereocenters. The van der Waals surface area contributed by atoms with Crippen molar-refractivity contribution in [1.82, 2.24) is 4.72 Å². The number of sulfonamides is 1. The molecule has 0 heterocycles. The van der Waals surface area contributed by atoms with Crippen LogP contribution in [0.3, 0.4) is 0 Å². The zero-order chi connectivity index (χ0) is 14.5. The van der Waals surface area contributed by atoms with Gasteiger partial charge in [0.15, 0.2) is 0 Å². The van der Waals surface area contributed by atoms with E-state index >= 15 is 0 Å². The van der Waals surface area contributed by atoms with Crippen LogP contribution in [0.2, 0.25) is 5.02 Å². The van der Waals surface area contributed by atoms with E-state index < -0.39 is 15.8 Å². The van der Waals surface area contributed by atoms with Crippen molar-refractivity contribution < 1.29 is 17.9 Å². The highest BCUT2D eigenvalue weighted by Gasteiger charge is 2.14. The van der Waals surface area contributed by atoms with Crippen LogP contribution in [0.1, 0.15) is 18.9 Å². The van der Waals surface area contributed by atoms with Crippen molar-refractivity contribution in [3.63, 3.8) is 0 Å². The molecule has 0 fully saturated rings. The minimum absolute atomic E-state index is 0.0243. The molecule has 0 aliphatic carbocycles. The Morgan fingerprint density at radius 2 is 2.16 bits per heavy atom. The fourth-order valence-corrected chi connectivity index (χ4v) is 2.95. The van der Waals surface area contributed by atoms with E-state index in [1.165, 1.54) is 12.1 Å². The lowest BCUT2D eigenvalue weighted by Gasteiger charge is -2.11. The van der Waals surface area contributed by atoms with Gasteiger partial charge in [0.05, 0.1) is 10.8 Å². The van der Waals surface area contributed by atoms with Crippen molar-refractivity contribution in [3.05, 3.63) is 34.6 Å². The third-order valence-electron chi connectivity index (χ3n) is 2.61. The van der Waals surface area contributed by atoms with E-state index in [1.807, 2.05) is 6.92 Å². The number of nitrogens with one attached hydrogen (secondary N) is 1. The zero-order valence-corrected chi connectivity index (χ0v) is 12.1. The first-order valence-corrected chi connectivity index (χ1v) is 7.89. The summed E-state index contributed by atoms with van der Waals surface area (Å²) in [6, 6.07) is 3.83. The highest BCUT2D eigenvalue weighted by Crippen LogP contribution is 2.17. The van der Waals surface area contributed by atoms with Crippen molar-refractivity contribution in [3.8, 4) is 0 Å². The maximum Gasteiger partial charge on any atom is 0.215 e. The topological polar surface area (TPSA) is 66.4 Å². The average Bonchev–Trinajstić information content (AvgIpc) is 2.32. The Balaban J connectivity index is 2.61. The van der Waals surface area contributed by atoms with Crippen LogP contribution >= 0.6 is 11.6 Å². The highest BCUT2D eigenvalue weighted by atomic mass is 35.5. The summed E-state index contributed by atoms with van der Waals surface area (Å²) in [6.07, 6.45) is 0.533. The lowest BCUT2D eigenvalue weighted by atomic mass is 10.1. The van der Waals surface area contributed by atoms with Gasteiger partial charge in [-0.3, -0.25) is 0 Å². The van der Waals surface area contributed by atoms with Gasteiger partial charge < -0.3 is 5.11 Å². The van der Waals surface area contributed by atoms with Crippen LogP contribution < -0.4 is 4.72 Å². The SMILES string of the molecule is CC(CCO)CNS(=O)(=O)Cc1ccc(F)c(Cl)c1. The molecule has 1 atom stereocenters. The van der Waals surface area contributed by atoms with Gasteiger partial charge in [0, 0.05) is 13.2 Å². The fraction of sp³-hybridized carbons (Fsp3) is 0.500. The van der Waals surface area contributed by atoms with Gasteiger partial charge in [-0.05, 0) is 30.0 Å². The smallest absolute Gasteiger partial charge is 0.215 e. The van der Waals surface area contributed by atoms with Gasteiger partial charge in [-0.2, -0.15) is 0 Å². The van der Waals surface area contributed by atoms with Gasteiger partial charge in [0.1, 0.15) is 5.82 Å². The van der Waals surface area contributed by atoms with E-state index in [4.69, 9.17) is 16.7 Å². The van der Waals surface area contributed by atoms with Gasteiger partial charge in [-0.25, -0.2) is 17.5 Å². The Hall–Kier alpha value is -0.690. The lowest BCUT2D eigenvalue weighted by molar-refractivity contribution is 0.263. The predicted molar refractivity (Wildman–Crippen MR) is 72.9 cm³/mol. The summed E-state index contributed by atoms with van der Waals surface area (Å²) in [6.45, 7) is 2.13. The van der Waals surface area contributed by atoms with E-state index in [0.29, 0.717) is 12.0 Å². The average molecular weight is 310 g/mol. The van der Waals surface area contributed by atoms with Crippen LogP contribution in [0.25, 0.3) is 0 Å². The summed E-state index contributed by atoms with van der Waals surface area (Å²) in [5, 5.41) is 8.63. The number of aliphatic hydroxyl groups excluding tert-OH is 1. The third kappa shape index (κ3) is 5.86. The van der Waals surface area contributed by atoms with Crippen LogP contribution in [-0.4, -0.2) is 26.7 Å². The summed E-state index contributed by atoms with van der Waals surface area (Å²) in [5.41, 5.74) is 0.425. The molecule has 1 aromatic rings. The van der Waals surface area contributed by atoms with Crippen molar-refractivity contribution in [2.45, 2.75) is 19.1 Å². The first kappa shape index (κ1) is 16.4. The number of rotatable bonds is 7. The molecule has 7 heteroatoms. The second kappa shape index (κ2) is 7.19. The molecule has 108 valence electrons. The van der Waals surface area contributed by atoms with Crippen molar-refractivity contribution in [2.24, 2.45) is 5.92 Å². The number of halogens is 2. The third-order valence-corrected chi connectivity index (χ3v) is 4.22. The first-order valence-electron chi connectivity index (χ1n) is 5.86. The predicted octanol–water partition coefficient (Wildman–Crippen LogP) is 1.92. The highest BCUT2D eigenvalue weighted by molar-refractivity contribution is 7.88. The summed E-state index contributed by atoms with van der Waals surface area (Å²) in [5.74, 6) is -0.775. The maximum atomic E-state index is 12.9. The molecule has 1 rings (SSSR count). The van der Waals surface area contributed by atoms with Crippen LogP contribution in [0.4, 0.5) is 4.39 Å². The molecule has 0 spiro atoms. The Morgan fingerprint density at radius 3 is 2.74 bits per heavy atom. The molecular weight excluding hydrogens is 293 g/mol. The number of aliphatic hydroxyl groups is 1. The number of hydrogen-bond donors (Lipinski definition) is 2. The first-order chi connectivity index (χ1) is 8.84. The molecule has 0 aliphatic heterocycles. The minimum atomic E-state index is -3.49. The van der Waals surface area contributed by atoms with Gasteiger partial charge in [0.25, 0.3) is 0 Å². The Kier molecular flexibility index (Phi) is 6.19. The minimum Gasteiger partial charge on any atom is -0.396 e. The van der Waals surface area contributed by atoms with Crippen LogP contribution in [-0.2, 0) is 15.8 Å². The van der Waals surface area contributed by atoms with E-state index in [1.54, 1.807) is 0 Å². The number of benzene rings is 1. The van der Waals surface area contributed by atoms with Gasteiger partial charge in [0.2, 0.25) is 10.0 Å². The molecule has 0 amide bonds. The monoisotopic (exact) mass is 309 g/mol. The molecule has 0 aromatic heterocycles. The number of hydrogen-bond acceptors (Lipinski definition) is 3. The standard InChI is InChI=1S/C12H17ClFNO3S/c1-9(4-5-16)7-15-19(17,18)8-10-2-3-12(14)11(13)6-10/h2-3,6,9,15-16H,4-5,7-8H2,1H3. The lowest BCUT2D eigenvalue weighted by Crippen LogP contribution is -2.29. The Bertz CT molecular complexity index is 522. The van der Waals surface area contributed by atoms with E-state index in [-0.39, 0.29) is 29.8 Å². The van der Waals surface area contributed by atoms with E-state index in [2.05, 4.69) is 4.72 Å². The van der Waals surface area contributed by atoms with Crippen molar-refractivity contribution >= 4 is 21.6 Å². The van der Waals surface area contributed by atoms with E-state index in [9.17, 15) is 12.8 Å². The fourth-order valence-electron chi connectivity index (χ4n) is 1.49. The molecule has 2 N–H and O–H groups in total. The molecule has 0 radical (unpaired) electrons. The van der Waals surface area contributed by atoms with Crippen LogP contribution in [0, 0.1) is 11.7 Å². The van der Waals surface area contributed by atoms with E-state index in [0.717, 1.165) is 6.07 Å². The Labute approximate surface area is 117 Å². The summed E-state index contributed by atoms with van der Waals surface area (Å²) >= 11 is 5.59. The zero-order valence-electron chi connectivity index (χ0n) is 10.6.